The summed E-state index contributed by atoms with van der Waals surface area (Å²) in [5.74, 6) is 0.0662. The molecule has 0 aliphatic carbocycles. The summed E-state index contributed by atoms with van der Waals surface area (Å²) in [7, 11) is 0. The molecule has 1 heterocycles. The summed E-state index contributed by atoms with van der Waals surface area (Å²) in [5, 5.41) is 10.2. The lowest BCUT2D eigenvalue weighted by molar-refractivity contribution is -0.116. The molecule has 2 rings (SSSR count). The summed E-state index contributed by atoms with van der Waals surface area (Å²) in [6, 6.07) is 7.93. The van der Waals surface area contributed by atoms with Gasteiger partial charge in [-0.15, -0.1) is 6.58 Å². The lowest BCUT2D eigenvalue weighted by Crippen LogP contribution is -2.33. The zero-order valence-corrected chi connectivity index (χ0v) is 12.7. The van der Waals surface area contributed by atoms with Gasteiger partial charge in [0.2, 0.25) is 5.91 Å². The molecule has 0 bridgehead atoms. The van der Waals surface area contributed by atoms with E-state index in [0.717, 1.165) is 43.7 Å². The number of rotatable bonds is 5. The van der Waals surface area contributed by atoms with E-state index in [0.29, 0.717) is 6.54 Å². The van der Waals surface area contributed by atoms with Crippen molar-refractivity contribution in [1.82, 2.24) is 0 Å². The molecule has 4 heteroatoms. The first kappa shape index (κ1) is 15.6. The van der Waals surface area contributed by atoms with Crippen molar-refractivity contribution < 1.29 is 9.90 Å². The molecule has 0 aromatic heterocycles. The highest BCUT2D eigenvalue weighted by molar-refractivity contribution is 5.95. The Morgan fingerprint density at radius 3 is 2.76 bits per heavy atom. The van der Waals surface area contributed by atoms with Gasteiger partial charge in [-0.2, -0.15) is 0 Å². The third-order valence-electron chi connectivity index (χ3n) is 3.84. The fourth-order valence-corrected chi connectivity index (χ4v) is 2.79. The van der Waals surface area contributed by atoms with E-state index < -0.39 is 0 Å². The molecule has 1 N–H and O–H groups in total. The Balaban J connectivity index is 2.20. The van der Waals surface area contributed by atoms with Crippen molar-refractivity contribution in [3.05, 3.63) is 36.9 Å². The summed E-state index contributed by atoms with van der Waals surface area (Å²) >= 11 is 0. The summed E-state index contributed by atoms with van der Waals surface area (Å²) < 4.78 is 0. The van der Waals surface area contributed by atoms with Crippen LogP contribution in [0.25, 0.3) is 0 Å². The lowest BCUT2D eigenvalue weighted by Gasteiger charge is -2.28. The zero-order chi connectivity index (χ0) is 15.2. The molecular weight excluding hydrogens is 264 g/mol. The Morgan fingerprint density at radius 1 is 1.38 bits per heavy atom. The monoisotopic (exact) mass is 288 g/mol. The van der Waals surface area contributed by atoms with Crippen molar-refractivity contribution in [2.24, 2.45) is 0 Å². The predicted octanol–water partition coefficient (Wildman–Crippen LogP) is 2.58. The van der Waals surface area contributed by atoms with E-state index in [9.17, 15) is 9.90 Å². The Morgan fingerprint density at radius 2 is 2.10 bits per heavy atom. The predicted molar refractivity (Wildman–Crippen MR) is 86.7 cm³/mol. The first-order chi connectivity index (χ1) is 10.1. The van der Waals surface area contributed by atoms with Gasteiger partial charge in [-0.25, -0.2) is 0 Å². The largest absolute Gasteiger partial charge is 0.391 e. The van der Waals surface area contributed by atoms with Gasteiger partial charge in [0.15, 0.2) is 0 Å². The highest BCUT2D eigenvalue weighted by Crippen LogP contribution is 2.32. The minimum Gasteiger partial charge on any atom is -0.391 e. The van der Waals surface area contributed by atoms with Crippen LogP contribution in [0.4, 0.5) is 11.4 Å². The van der Waals surface area contributed by atoms with Gasteiger partial charge in [0.25, 0.3) is 0 Å². The number of amides is 1. The van der Waals surface area contributed by atoms with Gasteiger partial charge >= 0.3 is 0 Å². The number of aliphatic hydroxyl groups is 1. The van der Waals surface area contributed by atoms with Gasteiger partial charge in [-0.05, 0) is 31.4 Å². The molecule has 1 aromatic carbocycles. The van der Waals surface area contributed by atoms with E-state index >= 15 is 0 Å². The van der Waals surface area contributed by atoms with Crippen molar-refractivity contribution in [3.63, 3.8) is 0 Å². The van der Waals surface area contributed by atoms with Gasteiger partial charge in [-0.3, -0.25) is 4.79 Å². The Bertz CT molecular complexity index is 501. The summed E-state index contributed by atoms with van der Waals surface area (Å²) in [6.45, 7) is 7.47. The van der Waals surface area contributed by atoms with Gasteiger partial charge in [-0.1, -0.05) is 18.2 Å². The van der Waals surface area contributed by atoms with Crippen LogP contribution in [-0.2, 0) is 4.79 Å². The molecule has 0 spiro atoms. The number of hydrogen-bond acceptors (Lipinski definition) is 3. The normalized spacial score (nSPS) is 16.1. The first-order valence-corrected chi connectivity index (χ1v) is 7.54. The van der Waals surface area contributed by atoms with Crippen LogP contribution in [0.5, 0.6) is 0 Å². The highest BCUT2D eigenvalue weighted by Gasteiger charge is 2.23. The number of allylic oxidation sites excluding steroid dienone is 1. The lowest BCUT2D eigenvalue weighted by atomic mass is 10.1. The third kappa shape index (κ3) is 3.85. The van der Waals surface area contributed by atoms with Crippen molar-refractivity contribution in [2.75, 3.05) is 29.4 Å². The van der Waals surface area contributed by atoms with Crippen LogP contribution in [0.15, 0.2) is 36.9 Å². The maximum atomic E-state index is 11.8. The van der Waals surface area contributed by atoms with Crippen LogP contribution in [-0.4, -0.2) is 36.8 Å². The fraction of sp³-hybridized carbons (Fsp3) is 0.471. The van der Waals surface area contributed by atoms with Crippen LogP contribution in [0.3, 0.4) is 0 Å². The van der Waals surface area contributed by atoms with E-state index in [2.05, 4.69) is 11.5 Å². The maximum Gasteiger partial charge on any atom is 0.223 e. The van der Waals surface area contributed by atoms with Crippen molar-refractivity contribution >= 4 is 17.3 Å². The molecule has 1 aliphatic heterocycles. The van der Waals surface area contributed by atoms with E-state index in [1.54, 1.807) is 6.92 Å². The van der Waals surface area contributed by atoms with E-state index in [4.69, 9.17) is 0 Å². The van der Waals surface area contributed by atoms with Crippen molar-refractivity contribution in [1.29, 1.82) is 0 Å². The van der Waals surface area contributed by atoms with Crippen LogP contribution in [0.2, 0.25) is 0 Å². The second-order valence-electron chi connectivity index (χ2n) is 5.48. The molecule has 1 amide bonds. The molecule has 0 saturated heterocycles. The molecule has 0 fully saturated rings. The number of para-hydroxylation sites is 2. The topological polar surface area (TPSA) is 43.8 Å². The summed E-state index contributed by atoms with van der Waals surface area (Å²) in [5.41, 5.74) is 1.97. The Kier molecular flexibility index (Phi) is 5.39. The number of nitrogens with zero attached hydrogens (tertiary/aromatic N) is 2. The molecule has 1 aromatic rings. The van der Waals surface area contributed by atoms with Crippen LogP contribution in [0.1, 0.15) is 26.2 Å². The summed E-state index contributed by atoms with van der Waals surface area (Å²) in [6.07, 6.45) is 3.90. The number of benzene rings is 1. The minimum absolute atomic E-state index is 0.0662. The number of β-amino-alcohol motifs (C(OH)–C–C–N with tert-alkyl or cyclic N) is 1. The highest BCUT2D eigenvalue weighted by atomic mass is 16.3. The number of carbonyl (C=O) groups is 1. The molecule has 21 heavy (non-hydrogen) atoms. The van der Waals surface area contributed by atoms with Gasteiger partial charge in [0.1, 0.15) is 0 Å². The van der Waals surface area contributed by atoms with Crippen LogP contribution >= 0.6 is 0 Å². The molecule has 1 unspecified atom stereocenters. The minimum atomic E-state index is -0.375. The average Bonchev–Trinajstić information content (AvgIpc) is 2.65. The van der Waals surface area contributed by atoms with Crippen molar-refractivity contribution in [2.45, 2.75) is 32.3 Å². The van der Waals surface area contributed by atoms with Crippen LogP contribution in [0, 0.1) is 0 Å². The molecule has 1 aliphatic rings. The molecule has 0 saturated carbocycles. The second kappa shape index (κ2) is 7.27. The van der Waals surface area contributed by atoms with E-state index in [1.807, 2.05) is 35.2 Å². The van der Waals surface area contributed by atoms with Gasteiger partial charge in [0, 0.05) is 26.6 Å². The third-order valence-corrected chi connectivity index (χ3v) is 3.84. The smallest absolute Gasteiger partial charge is 0.223 e. The maximum absolute atomic E-state index is 11.8. The Hall–Kier alpha value is -1.81. The fourth-order valence-electron chi connectivity index (χ4n) is 2.79. The summed E-state index contributed by atoms with van der Waals surface area (Å²) in [4.78, 5) is 15.8. The number of hydrogen-bond donors (Lipinski definition) is 1. The van der Waals surface area contributed by atoms with E-state index in [1.165, 1.54) is 0 Å². The molecule has 1 atom stereocenters. The SMILES string of the molecule is C=CCCC(O)CN1CCCN(C(C)=O)c2ccccc21. The first-order valence-electron chi connectivity index (χ1n) is 7.54. The number of fused-ring (bicyclic) bond motifs is 1. The standard InChI is InChI=1S/C17H24N2O2/c1-3-4-8-15(21)13-18-11-7-12-19(14(2)20)17-10-6-5-9-16(17)18/h3,5-6,9-10,15,21H,1,4,7-8,11-13H2,2H3. The zero-order valence-electron chi connectivity index (χ0n) is 12.7. The molecule has 4 nitrogen and oxygen atoms in total. The number of aliphatic hydroxyl groups excluding tert-OH is 1. The Labute approximate surface area is 126 Å². The van der Waals surface area contributed by atoms with Crippen molar-refractivity contribution in [3.8, 4) is 0 Å². The number of carbonyl (C=O) groups excluding carboxylic acids is 1. The number of anilines is 2. The molecular formula is C17H24N2O2. The quantitative estimate of drug-likeness (QED) is 0.847. The average molecular weight is 288 g/mol. The van der Waals surface area contributed by atoms with Gasteiger partial charge < -0.3 is 14.9 Å². The second-order valence-corrected chi connectivity index (χ2v) is 5.48. The molecule has 0 radical (unpaired) electrons. The van der Waals surface area contributed by atoms with Crippen LogP contribution < -0.4 is 9.80 Å². The van der Waals surface area contributed by atoms with Gasteiger partial charge in [0.05, 0.1) is 17.5 Å². The van der Waals surface area contributed by atoms with E-state index in [-0.39, 0.29) is 12.0 Å². The molecule has 114 valence electrons.